The van der Waals surface area contributed by atoms with Gasteiger partial charge in [-0.2, -0.15) is 0 Å². The van der Waals surface area contributed by atoms with Crippen LogP contribution < -0.4 is 10.6 Å². The van der Waals surface area contributed by atoms with E-state index in [-0.39, 0.29) is 29.2 Å². The summed E-state index contributed by atoms with van der Waals surface area (Å²) in [5, 5.41) is 5.48. The lowest BCUT2D eigenvalue weighted by molar-refractivity contribution is 0.0938. The van der Waals surface area contributed by atoms with E-state index in [2.05, 4.69) is 31.5 Å². The van der Waals surface area contributed by atoms with Crippen LogP contribution in [0.25, 0.3) is 0 Å². The molecule has 5 nitrogen and oxygen atoms in total. The Morgan fingerprint density at radius 3 is 2.18 bits per heavy atom. The topological polar surface area (TPSA) is 71.1 Å². The number of aromatic nitrogens is 1. The van der Waals surface area contributed by atoms with Gasteiger partial charge in [0.25, 0.3) is 11.8 Å². The van der Waals surface area contributed by atoms with Crippen molar-refractivity contribution in [1.82, 2.24) is 10.3 Å². The fourth-order valence-corrected chi connectivity index (χ4v) is 2.02. The first-order valence-corrected chi connectivity index (χ1v) is 7.60. The lowest BCUT2D eigenvalue weighted by Gasteiger charge is -2.09. The standard InChI is InChI=1S/C16H16BrN3O2/c1-10(2)18-15(21)13-4-3-5-14(20-13)16(22)19-12-8-6-11(17)7-9-12/h3-10H,1-2H3,(H,18,21)(H,19,22). The van der Waals surface area contributed by atoms with E-state index in [4.69, 9.17) is 0 Å². The number of carbonyl (C=O) groups excluding carboxylic acids is 2. The molecule has 0 saturated heterocycles. The van der Waals surface area contributed by atoms with Gasteiger partial charge >= 0.3 is 0 Å². The van der Waals surface area contributed by atoms with E-state index in [1.54, 1.807) is 30.3 Å². The zero-order valence-corrected chi connectivity index (χ0v) is 13.8. The Hall–Kier alpha value is -2.21. The zero-order chi connectivity index (χ0) is 16.1. The summed E-state index contributed by atoms with van der Waals surface area (Å²) in [6, 6.07) is 12.0. The highest BCUT2D eigenvalue weighted by molar-refractivity contribution is 9.10. The third-order valence-electron chi connectivity index (χ3n) is 2.74. The van der Waals surface area contributed by atoms with Gasteiger partial charge in [-0.25, -0.2) is 4.98 Å². The Morgan fingerprint density at radius 1 is 1.00 bits per heavy atom. The maximum atomic E-state index is 12.2. The average molecular weight is 362 g/mol. The number of carbonyl (C=O) groups is 2. The molecule has 0 fully saturated rings. The highest BCUT2D eigenvalue weighted by Crippen LogP contribution is 2.14. The van der Waals surface area contributed by atoms with Crippen LogP contribution in [0.2, 0.25) is 0 Å². The first kappa shape index (κ1) is 16.2. The van der Waals surface area contributed by atoms with Crippen molar-refractivity contribution >= 4 is 33.4 Å². The predicted molar refractivity (Wildman–Crippen MR) is 88.9 cm³/mol. The number of anilines is 1. The normalized spacial score (nSPS) is 10.4. The first-order chi connectivity index (χ1) is 10.5. The van der Waals surface area contributed by atoms with E-state index in [0.717, 1.165) is 4.47 Å². The van der Waals surface area contributed by atoms with Gasteiger partial charge < -0.3 is 10.6 Å². The average Bonchev–Trinajstić information content (AvgIpc) is 2.49. The number of rotatable bonds is 4. The molecule has 0 aliphatic heterocycles. The van der Waals surface area contributed by atoms with Crippen LogP contribution in [0.4, 0.5) is 5.69 Å². The second kappa shape index (κ2) is 7.17. The van der Waals surface area contributed by atoms with Gasteiger partial charge in [-0.05, 0) is 50.2 Å². The maximum Gasteiger partial charge on any atom is 0.274 e. The molecular formula is C16H16BrN3O2. The zero-order valence-electron chi connectivity index (χ0n) is 12.3. The largest absolute Gasteiger partial charge is 0.349 e. The molecule has 0 aliphatic rings. The van der Waals surface area contributed by atoms with Crippen molar-refractivity contribution < 1.29 is 9.59 Å². The van der Waals surface area contributed by atoms with Crippen LogP contribution in [0.5, 0.6) is 0 Å². The SMILES string of the molecule is CC(C)NC(=O)c1cccc(C(=O)Nc2ccc(Br)cc2)n1. The van der Waals surface area contributed by atoms with Gasteiger partial charge in [0.1, 0.15) is 11.4 Å². The minimum atomic E-state index is -0.360. The number of nitrogens with zero attached hydrogens (tertiary/aromatic N) is 1. The molecule has 0 radical (unpaired) electrons. The molecule has 0 spiro atoms. The summed E-state index contributed by atoms with van der Waals surface area (Å²) in [5.41, 5.74) is 1.07. The van der Waals surface area contributed by atoms with Crippen LogP contribution in [0, 0.1) is 0 Å². The molecular weight excluding hydrogens is 346 g/mol. The third-order valence-corrected chi connectivity index (χ3v) is 3.26. The van der Waals surface area contributed by atoms with Crippen molar-refractivity contribution in [2.24, 2.45) is 0 Å². The first-order valence-electron chi connectivity index (χ1n) is 6.80. The predicted octanol–water partition coefficient (Wildman–Crippen LogP) is 3.23. The van der Waals surface area contributed by atoms with E-state index in [9.17, 15) is 9.59 Å². The van der Waals surface area contributed by atoms with Crippen molar-refractivity contribution in [3.63, 3.8) is 0 Å². The highest BCUT2D eigenvalue weighted by Gasteiger charge is 2.13. The smallest absolute Gasteiger partial charge is 0.274 e. The lowest BCUT2D eigenvalue weighted by Crippen LogP contribution is -2.31. The number of amides is 2. The van der Waals surface area contributed by atoms with E-state index in [1.165, 1.54) is 0 Å². The van der Waals surface area contributed by atoms with E-state index in [0.29, 0.717) is 5.69 Å². The molecule has 0 unspecified atom stereocenters. The van der Waals surface area contributed by atoms with Crippen molar-refractivity contribution in [2.45, 2.75) is 19.9 Å². The molecule has 114 valence electrons. The van der Waals surface area contributed by atoms with Crippen molar-refractivity contribution in [2.75, 3.05) is 5.32 Å². The Bertz CT molecular complexity index is 684. The van der Waals surface area contributed by atoms with Gasteiger partial charge in [-0.3, -0.25) is 9.59 Å². The lowest BCUT2D eigenvalue weighted by atomic mass is 10.2. The summed E-state index contributed by atoms with van der Waals surface area (Å²) in [7, 11) is 0. The minimum Gasteiger partial charge on any atom is -0.349 e. The molecule has 0 bridgehead atoms. The Balaban J connectivity index is 2.13. The monoisotopic (exact) mass is 361 g/mol. The van der Waals surface area contributed by atoms with Gasteiger partial charge in [-0.1, -0.05) is 22.0 Å². The number of pyridine rings is 1. The molecule has 0 saturated carbocycles. The summed E-state index contributed by atoms with van der Waals surface area (Å²) in [6.45, 7) is 3.73. The molecule has 0 aliphatic carbocycles. The fourth-order valence-electron chi connectivity index (χ4n) is 1.75. The second-order valence-electron chi connectivity index (χ2n) is 5.00. The number of halogens is 1. The molecule has 1 aromatic heterocycles. The quantitative estimate of drug-likeness (QED) is 0.877. The highest BCUT2D eigenvalue weighted by atomic mass is 79.9. The van der Waals surface area contributed by atoms with Crippen molar-refractivity contribution in [3.05, 3.63) is 58.3 Å². The summed E-state index contributed by atoms with van der Waals surface area (Å²) in [5.74, 6) is -0.658. The van der Waals surface area contributed by atoms with Crippen LogP contribution in [0.15, 0.2) is 46.9 Å². The van der Waals surface area contributed by atoms with E-state index >= 15 is 0 Å². The molecule has 1 aromatic carbocycles. The molecule has 2 amide bonds. The third kappa shape index (κ3) is 4.39. The van der Waals surface area contributed by atoms with Gasteiger partial charge in [-0.15, -0.1) is 0 Å². The van der Waals surface area contributed by atoms with Gasteiger partial charge in [0.05, 0.1) is 0 Å². The van der Waals surface area contributed by atoms with Crippen LogP contribution in [-0.2, 0) is 0 Å². The molecule has 1 heterocycles. The molecule has 2 aromatic rings. The van der Waals surface area contributed by atoms with Crippen LogP contribution >= 0.6 is 15.9 Å². The molecule has 22 heavy (non-hydrogen) atoms. The van der Waals surface area contributed by atoms with Crippen LogP contribution in [0.3, 0.4) is 0 Å². The molecule has 6 heteroatoms. The molecule has 2 rings (SSSR count). The van der Waals surface area contributed by atoms with Crippen LogP contribution in [0.1, 0.15) is 34.8 Å². The second-order valence-corrected chi connectivity index (χ2v) is 5.91. The van der Waals surface area contributed by atoms with Gasteiger partial charge in [0, 0.05) is 16.2 Å². The number of nitrogens with one attached hydrogen (secondary N) is 2. The molecule has 0 atom stereocenters. The molecule has 2 N–H and O–H groups in total. The van der Waals surface area contributed by atoms with Crippen molar-refractivity contribution in [3.8, 4) is 0 Å². The van der Waals surface area contributed by atoms with Gasteiger partial charge in [0.15, 0.2) is 0 Å². The Kier molecular flexibility index (Phi) is 5.27. The minimum absolute atomic E-state index is 0.00884. The maximum absolute atomic E-state index is 12.2. The summed E-state index contributed by atoms with van der Waals surface area (Å²) in [4.78, 5) is 28.2. The number of hydrogen-bond donors (Lipinski definition) is 2. The van der Waals surface area contributed by atoms with Crippen molar-refractivity contribution in [1.29, 1.82) is 0 Å². The fraction of sp³-hybridized carbons (Fsp3) is 0.188. The Morgan fingerprint density at radius 2 is 1.59 bits per heavy atom. The Labute approximate surface area is 137 Å². The summed E-state index contributed by atoms with van der Waals surface area (Å²) < 4.78 is 0.927. The van der Waals surface area contributed by atoms with E-state index < -0.39 is 0 Å². The summed E-state index contributed by atoms with van der Waals surface area (Å²) >= 11 is 3.33. The summed E-state index contributed by atoms with van der Waals surface area (Å²) in [6.07, 6.45) is 0. The van der Waals surface area contributed by atoms with Gasteiger partial charge in [0.2, 0.25) is 0 Å². The number of hydrogen-bond acceptors (Lipinski definition) is 3. The van der Waals surface area contributed by atoms with E-state index in [1.807, 2.05) is 26.0 Å². The number of benzene rings is 1. The van der Waals surface area contributed by atoms with Crippen LogP contribution in [-0.4, -0.2) is 22.8 Å².